The summed E-state index contributed by atoms with van der Waals surface area (Å²) in [6.07, 6.45) is 1.50. The number of nitrogen functional groups attached to an aromatic ring is 1. The predicted octanol–water partition coefficient (Wildman–Crippen LogP) is 2.00. The monoisotopic (exact) mass is 273 g/mol. The number of Topliss-reactive ketones (excluding diaryl/α,β-unsaturated/α-hetero) is 1. The first-order chi connectivity index (χ1) is 5.68. The zero-order chi connectivity index (χ0) is 8.72. The van der Waals surface area contributed by atoms with Crippen LogP contribution in [0.25, 0.3) is 0 Å². The number of halogens is 1. The second-order valence-corrected chi connectivity index (χ2v) is 4.12. The van der Waals surface area contributed by atoms with Gasteiger partial charge in [-0.3, -0.25) is 4.79 Å². The van der Waals surface area contributed by atoms with Crippen LogP contribution in [0, 0.1) is 3.57 Å². The van der Waals surface area contributed by atoms with Crippen LogP contribution in [0.2, 0.25) is 0 Å². The molecule has 1 aromatic carbocycles. The maximum atomic E-state index is 11.3. The quantitative estimate of drug-likeness (QED) is 0.580. The molecule has 2 rings (SSSR count). The topological polar surface area (TPSA) is 43.1 Å². The van der Waals surface area contributed by atoms with Gasteiger partial charge in [0.2, 0.25) is 0 Å². The Bertz CT molecular complexity index is 360. The van der Waals surface area contributed by atoms with Gasteiger partial charge in [-0.05, 0) is 46.7 Å². The number of carbonyl (C=O) groups is 1. The third kappa shape index (κ3) is 1.12. The summed E-state index contributed by atoms with van der Waals surface area (Å²) < 4.78 is 0.974. The number of anilines is 1. The fourth-order valence-corrected chi connectivity index (χ4v) is 1.95. The number of fused-ring (bicyclic) bond motifs is 1. The van der Waals surface area contributed by atoms with Crippen LogP contribution in [0.3, 0.4) is 0 Å². The molecule has 0 atom stereocenters. The van der Waals surface area contributed by atoms with Crippen LogP contribution in [-0.4, -0.2) is 5.78 Å². The van der Waals surface area contributed by atoms with Crippen molar-refractivity contribution >= 4 is 34.1 Å². The maximum absolute atomic E-state index is 11.3. The highest BCUT2D eigenvalue weighted by molar-refractivity contribution is 14.1. The van der Waals surface area contributed by atoms with E-state index in [0.29, 0.717) is 6.42 Å². The molecule has 0 unspecified atom stereocenters. The molecule has 2 nitrogen and oxygen atoms in total. The SMILES string of the molecule is Nc1cc2c(cc1I)C(=O)CC2. The average Bonchev–Trinajstić information content (AvgIpc) is 2.35. The molecular weight excluding hydrogens is 265 g/mol. The van der Waals surface area contributed by atoms with Gasteiger partial charge in [-0.15, -0.1) is 0 Å². The number of nitrogens with two attached hydrogens (primary N) is 1. The Morgan fingerprint density at radius 3 is 2.83 bits per heavy atom. The highest BCUT2D eigenvalue weighted by Crippen LogP contribution is 2.27. The lowest BCUT2D eigenvalue weighted by Gasteiger charge is -2.01. The van der Waals surface area contributed by atoms with Crippen LogP contribution in [0.5, 0.6) is 0 Å². The van der Waals surface area contributed by atoms with Gasteiger partial charge >= 0.3 is 0 Å². The van der Waals surface area contributed by atoms with E-state index in [4.69, 9.17) is 5.73 Å². The Kier molecular flexibility index (Phi) is 1.83. The lowest BCUT2D eigenvalue weighted by molar-refractivity contribution is 0.0994. The van der Waals surface area contributed by atoms with Gasteiger partial charge in [-0.1, -0.05) is 0 Å². The fourth-order valence-electron chi connectivity index (χ4n) is 1.49. The summed E-state index contributed by atoms with van der Waals surface area (Å²) in [6, 6.07) is 3.81. The van der Waals surface area contributed by atoms with E-state index in [0.717, 1.165) is 26.8 Å². The van der Waals surface area contributed by atoms with E-state index >= 15 is 0 Å². The Hall–Kier alpha value is -0.580. The van der Waals surface area contributed by atoms with Crippen molar-refractivity contribution in [2.75, 3.05) is 5.73 Å². The molecule has 0 amide bonds. The summed E-state index contributed by atoms with van der Waals surface area (Å²) in [4.78, 5) is 11.3. The van der Waals surface area contributed by atoms with Gasteiger partial charge in [0.05, 0.1) is 0 Å². The molecular formula is C9H8INO. The van der Waals surface area contributed by atoms with E-state index in [9.17, 15) is 4.79 Å². The molecule has 0 heterocycles. The summed E-state index contributed by atoms with van der Waals surface area (Å²) in [5, 5.41) is 0. The normalized spacial score (nSPS) is 14.9. The molecule has 0 saturated heterocycles. The molecule has 1 aromatic rings. The first-order valence-corrected chi connectivity index (χ1v) is 4.87. The van der Waals surface area contributed by atoms with Gasteiger partial charge in [-0.2, -0.15) is 0 Å². The van der Waals surface area contributed by atoms with Crippen LogP contribution in [-0.2, 0) is 6.42 Å². The van der Waals surface area contributed by atoms with E-state index < -0.39 is 0 Å². The van der Waals surface area contributed by atoms with E-state index in [-0.39, 0.29) is 5.78 Å². The minimum Gasteiger partial charge on any atom is -0.398 e. The smallest absolute Gasteiger partial charge is 0.163 e. The standard InChI is InChI=1S/C9H8INO/c10-7-4-6-5(3-8(7)11)1-2-9(6)12/h3-4H,1-2,11H2. The van der Waals surface area contributed by atoms with Crippen molar-refractivity contribution in [2.24, 2.45) is 0 Å². The largest absolute Gasteiger partial charge is 0.398 e. The molecule has 0 saturated carbocycles. The number of ketones is 1. The Morgan fingerprint density at radius 2 is 2.08 bits per heavy atom. The Labute approximate surface area is 84.3 Å². The van der Waals surface area contributed by atoms with Gasteiger partial charge in [0.1, 0.15) is 0 Å². The number of aryl methyl sites for hydroxylation is 1. The first kappa shape index (κ1) is 8.04. The van der Waals surface area contributed by atoms with Gasteiger partial charge in [0, 0.05) is 21.2 Å². The van der Waals surface area contributed by atoms with Crippen molar-refractivity contribution in [2.45, 2.75) is 12.8 Å². The predicted molar refractivity (Wildman–Crippen MR) is 56.2 cm³/mol. The zero-order valence-corrected chi connectivity index (χ0v) is 8.59. The van der Waals surface area contributed by atoms with Crippen molar-refractivity contribution in [3.63, 3.8) is 0 Å². The van der Waals surface area contributed by atoms with Gasteiger partial charge in [0.25, 0.3) is 0 Å². The highest BCUT2D eigenvalue weighted by Gasteiger charge is 2.20. The van der Waals surface area contributed by atoms with Crippen molar-refractivity contribution in [1.82, 2.24) is 0 Å². The molecule has 0 aromatic heterocycles. The molecule has 0 radical (unpaired) electrons. The van der Waals surface area contributed by atoms with Crippen molar-refractivity contribution < 1.29 is 4.79 Å². The molecule has 0 aliphatic heterocycles. The third-order valence-electron chi connectivity index (χ3n) is 2.14. The van der Waals surface area contributed by atoms with E-state index in [1.54, 1.807) is 0 Å². The van der Waals surface area contributed by atoms with E-state index in [1.165, 1.54) is 0 Å². The number of hydrogen-bond acceptors (Lipinski definition) is 2. The Morgan fingerprint density at radius 1 is 1.33 bits per heavy atom. The van der Waals surface area contributed by atoms with Crippen molar-refractivity contribution in [3.8, 4) is 0 Å². The molecule has 12 heavy (non-hydrogen) atoms. The van der Waals surface area contributed by atoms with Gasteiger partial charge in [-0.25, -0.2) is 0 Å². The van der Waals surface area contributed by atoms with Gasteiger partial charge < -0.3 is 5.73 Å². The van der Waals surface area contributed by atoms with Crippen LogP contribution < -0.4 is 5.73 Å². The van der Waals surface area contributed by atoms with Crippen LogP contribution in [0.1, 0.15) is 22.3 Å². The van der Waals surface area contributed by atoms with E-state index in [2.05, 4.69) is 22.6 Å². The molecule has 0 spiro atoms. The second-order valence-electron chi connectivity index (χ2n) is 2.95. The second kappa shape index (κ2) is 2.73. The van der Waals surface area contributed by atoms with Crippen LogP contribution in [0.15, 0.2) is 12.1 Å². The number of rotatable bonds is 0. The first-order valence-electron chi connectivity index (χ1n) is 3.79. The maximum Gasteiger partial charge on any atom is 0.163 e. The van der Waals surface area contributed by atoms with Crippen LogP contribution >= 0.6 is 22.6 Å². The minimum absolute atomic E-state index is 0.253. The molecule has 3 heteroatoms. The highest BCUT2D eigenvalue weighted by atomic mass is 127. The van der Waals surface area contributed by atoms with Crippen LogP contribution in [0.4, 0.5) is 5.69 Å². The lowest BCUT2D eigenvalue weighted by atomic mass is 10.1. The summed E-state index contributed by atoms with van der Waals surface area (Å²) >= 11 is 2.15. The summed E-state index contributed by atoms with van der Waals surface area (Å²) in [5.74, 6) is 0.253. The molecule has 0 fully saturated rings. The molecule has 0 bridgehead atoms. The molecule has 1 aliphatic rings. The minimum atomic E-state index is 0.253. The van der Waals surface area contributed by atoms with E-state index in [1.807, 2.05) is 12.1 Å². The summed E-state index contributed by atoms with van der Waals surface area (Å²) in [6.45, 7) is 0. The Balaban J connectivity index is 2.63. The zero-order valence-electron chi connectivity index (χ0n) is 6.43. The average molecular weight is 273 g/mol. The fraction of sp³-hybridized carbons (Fsp3) is 0.222. The van der Waals surface area contributed by atoms with Crippen molar-refractivity contribution in [1.29, 1.82) is 0 Å². The van der Waals surface area contributed by atoms with Gasteiger partial charge in [0.15, 0.2) is 5.78 Å². The molecule has 1 aliphatic carbocycles. The number of carbonyl (C=O) groups excluding carboxylic acids is 1. The lowest BCUT2D eigenvalue weighted by Crippen LogP contribution is -1.95. The number of hydrogen-bond donors (Lipinski definition) is 1. The van der Waals surface area contributed by atoms with Crippen molar-refractivity contribution in [3.05, 3.63) is 26.8 Å². The number of benzene rings is 1. The molecule has 62 valence electrons. The molecule has 2 N–H and O–H groups in total. The third-order valence-corrected chi connectivity index (χ3v) is 3.08. The summed E-state index contributed by atoms with van der Waals surface area (Å²) in [5.41, 5.74) is 8.48. The summed E-state index contributed by atoms with van der Waals surface area (Å²) in [7, 11) is 0.